The summed E-state index contributed by atoms with van der Waals surface area (Å²) in [5, 5.41) is 10.3. The maximum absolute atomic E-state index is 9.21. The minimum Gasteiger partial charge on any atom is -0.371 e. The van der Waals surface area contributed by atoms with E-state index in [9.17, 15) is 5.26 Å². The Morgan fingerprint density at radius 3 is 2.85 bits per heavy atom. The van der Waals surface area contributed by atoms with E-state index in [1.165, 1.54) is 31.5 Å². The number of nitriles is 1. The van der Waals surface area contributed by atoms with Gasteiger partial charge in [-0.2, -0.15) is 5.26 Å². The lowest BCUT2D eigenvalue weighted by Gasteiger charge is -2.21. The highest BCUT2D eigenvalue weighted by atomic mass is 15.2. The van der Waals surface area contributed by atoms with Crippen LogP contribution in [0.15, 0.2) is 30.5 Å². The SMILES string of the molecule is N#Cc1ccc(N2CCC(C3CC3)C2)c2cccnc12. The number of rotatable bonds is 2. The van der Waals surface area contributed by atoms with Crippen LogP contribution in [0.1, 0.15) is 24.8 Å². The van der Waals surface area contributed by atoms with Crippen molar-refractivity contribution in [3.05, 3.63) is 36.0 Å². The van der Waals surface area contributed by atoms with Gasteiger partial charge in [0.1, 0.15) is 6.07 Å². The molecule has 1 atom stereocenters. The van der Waals surface area contributed by atoms with Crippen molar-refractivity contribution in [3.63, 3.8) is 0 Å². The minimum absolute atomic E-state index is 0.669. The van der Waals surface area contributed by atoms with Crippen LogP contribution in [0.3, 0.4) is 0 Å². The van der Waals surface area contributed by atoms with Crippen LogP contribution in [0, 0.1) is 23.2 Å². The number of nitrogens with zero attached hydrogens (tertiary/aromatic N) is 3. The Morgan fingerprint density at radius 2 is 2.05 bits per heavy atom. The molecule has 0 amide bonds. The van der Waals surface area contributed by atoms with Crippen LogP contribution in [-0.2, 0) is 0 Å². The molecule has 1 saturated carbocycles. The van der Waals surface area contributed by atoms with Crippen LogP contribution in [0.2, 0.25) is 0 Å². The molecule has 1 aromatic carbocycles. The summed E-state index contributed by atoms with van der Waals surface area (Å²) in [7, 11) is 0. The summed E-state index contributed by atoms with van der Waals surface area (Å²) in [4.78, 5) is 6.88. The van der Waals surface area contributed by atoms with Gasteiger partial charge >= 0.3 is 0 Å². The molecule has 4 rings (SSSR count). The highest BCUT2D eigenvalue weighted by Crippen LogP contribution is 2.43. The molecule has 3 heteroatoms. The second-order valence-electron chi connectivity index (χ2n) is 5.98. The molecule has 1 aromatic heterocycles. The molecule has 2 aliphatic rings. The zero-order chi connectivity index (χ0) is 13.5. The van der Waals surface area contributed by atoms with Crippen LogP contribution in [0.5, 0.6) is 0 Å². The Balaban J connectivity index is 1.75. The lowest BCUT2D eigenvalue weighted by atomic mass is 10.0. The maximum Gasteiger partial charge on any atom is 0.101 e. The Labute approximate surface area is 118 Å². The van der Waals surface area contributed by atoms with Crippen LogP contribution in [-0.4, -0.2) is 18.1 Å². The Bertz CT molecular complexity index is 697. The van der Waals surface area contributed by atoms with E-state index < -0.39 is 0 Å². The summed E-state index contributed by atoms with van der Waals surface area (Å²) in [6.07, 6.45) is 5.93. The van der Waals surface area contributed by atoms with E-state index in [2.05, 4.69) is 28.1 Å². The number of fused-ring (bicyclic) bond motifs is 1. The van der Waals surface area contributed by atoms with Crippen LogP contribution in [0.4, 0.5) is 5.69 Å². The molecule has 20 heavy (non-hydrogen) atoms. The number of hydrogen-bond donors (Lipinski definition) is 0. The maximum atomic E-state index is 9.21. The van der Waals surface area contributed by atoms with Crippen molar-refractivity contribution in [2.24, 2.45) is 11.8 Å². The number of benzene rings is 1. The fourth-order valence-corrected chi connectivity index (χ4v) is 3.48. The van der Waals surface area contributed by atoms with Gasteiger partial charge in [-0.05, 0) is 55.4 Å². The molecule has 1 aliphatic heterocycles. The molecule has 1 aliphatic carbocycles. The van der Waals surface area contributed by atoms with Crippen LogP contribution < -0.4 is 4.90 Å². The lowest BCUT2D eigenvalue weighted by Crippen LogP contribution is -2.20. The van der Waals surface area contributed by atoms with Crippen LogP contribution >= 0.6 is 0 Å². The monoisotopic (exact) mass is 263 g/mol. The summed E-state index contributed by atoms with van der Waals surface area (Å²) in [6.45, 7) is 2.30. The average Bonchev–Trinajstić information content (AvgIpc) is 3.24. The van der Waals surface area contributed by atoms with Crippen molar-refractivity contribution in [2.45, 2.75) is 19.3 Å². The number of anilines is 1. The van der Waals surface area contributed by atoms with Gasteiger partial charge in [-0.3, -0.25) is 4.98 Å². The first-order valence-electron chi connectivity index (χ1n) is 7.39. The van der Waals surface area contributed by atoms with Crippen molar-refractivity contribution in [2.75, 3.05) is 18.0 Å². The van der Waals surface area contributed by atoms with Gasteiger partial charge < -0.3 is 4.90 Å². The topological polar surface area (TPSA) is 39.9 Å². The van der Waals surface area contributed by atoms with Crippen molar-refractivity contribution in [1.29, 1.82) is 5.26 Å². The molecule has 1 unspecified atom stereocenters. The summed E-state index contributed by atoms with van der Waals surface area (Å²) >= 11 is 0. The van der Waals surface area contributed by atoms with Gasteiger partial charge in [-0.1, -0.05) is 0 Å². The fraction of sp³-hybridized carbons (Fsp3) is 0.412. The molecule has 2 aromatic rings. The smallest absolute Gasteiger partial charge is 0.101 e. The largest absolute Gasteiger partial charge is 0.371 e. The van der Waals surface area contributed by atoms with Gasteiger partial charge in [0, 0.05) is 30.4 Å². The molecule has 100 valence electrons. The molecular formula is C17H17N3. The quantitative estimate of drug-likeness (QED) is 0.834. The van der Waals surface area contributed by atoms with E-state index in [1.54, 1.807) is 6.20 Å². The zero-order valence-electron chi connectivity index (χ0n) is 11.4. The molecule has 3 nitrogen and oxygen atoms in total. The minimum atomic E-state index is 0.669. The molecule has 2 heterocycles. The summed E-state index contributed by atoms with van der Waals surface area (Å²) < 4.78 is 0. The van der Waals surface area contributed by atoms with Gasteiger partial charge in [0.05, 0.1) is 11.1 Å². The third kappa shape index (κ3) is 1.84. The van der Waals surface area contributed by atoms with Gasteiger partial charge in [0.15, 0.2) is 0 Å². The van der Waals surface area contributed by atoms with E-state index in [0.717, 1.165) is 29.3 Å². The van der Waals surface area contributed by atoms with E-state index in [1.807, 2.05) is 12.1 Å². The highest BCUT2D eigenvalue weighted by molar-refractivity contribution is 5.95. The second-order valence-corrected chi connectivity index (χ2v) is 5.98. The Kier molecular flexibility index (Phi) is 2.63. The average molecular weight is 263 g/mol. The van der Waals surface area contributed by atoms with Gasteiger partial charge in [-0.15, -0.1) is 0 Å². The van der Waals surface area contributed by atoms with Gasteiger partial charge in [-0.25, -0.2) is 0 Å². The molecule has 2 fully saturated rings. The van der Waals surface area contributed by atoms with Crippen molar-refractivity contribution in [1.82, 2.24) is 4.98 Å². The molecule has 1 saturated heterocycles. The predicted octanol–water partition coefficient (Wildman–Crippen LogP) is 3.34. The van der Waals surface area contributed by atoms with Gasteiger partial charge in [0.25, 0.3) is 0 Å². The lowest BCUT2D eigenvalue weighted by molar-refractivity contribution is 0.514. The normalized spacial score (nSPS) is 22.1. The first-order chi connectivity index (χ1) is 9.86. The molecule has 0 radical (unpaired) electrons. The van der Waals surface area contributed by atoms with Gasteiger partial charge in [0.2, 0.25) is 0 Å². The van der Waals surface area contributed by atoms with E-state index in [0.29, 0.717) is 5.56 Å². The van der Waals surface area contributed by atoms with Crippen molar-refractivity contribution < 1.29 is 0 Å². The Morgan fingerprint density at radius 1 is 1.15 bits per heavy atom. The van der Waals surface area contributed by atoms with Crippen LogP contribution in [0.25, 0.3) is 10.9 Å². The standard InChI is InChI=1S/C17H17N3/c18-10-13-5-6-16(15-2-1-8-19-17(13)15)20-9-7-14(11-20)12-3-4-12/h1-2,5-6,8,12,14H,3-4,7,9,11H2. The molecular weight excluding hydrogens is 246 g/mol. The van der Waals surface area contributed by atoms with E-state index in [4.69, 9.17) is 0 Å². The zero-order valence-corrected chi connectivity index (χ0v) is 11.4. The Hall–Kier alpha value is -2.08. The molecule has 0 bridgehead atoms. The highest BCUT2D eigenvalue weighted by Gasteiger charge is 2.36. The number of pyridine rings is 1. The third-order valence-corrected chi connectivity index (χ3v) is 4.72. The second kappa shape index (κ2) is 4.49. The molecule has 0 N–H and O–H groups in total. The summed E-state index contributed by atoms with van der Waals surface area (Å²) in [5.41, 5.74) is 2.75. The third-order valence-electron chi connectivity index (χ3n) is 4.72. The number of aromatic nitrogens is 1. The molecule has 0 spiro atoms. The first kappa shape index (κ1) is 11.7. The van der Waals surface area contributed by atoms with E-state index >= 15 is 0 Å². The number of hydrogen-bond acceptors (Lipinski definition) is 3. The van der Waals surface area contributed by atoms with Crippen molar-refractivity contribution >= 4 is 16.6 Å². The van der Waals surface area contributed by atoms with E-state index in [-0.39, 0.29) is 0 Å². The summed E-state index contributed by atoms with van der Waals surface area (Å²) in [5.74, 6) is 1.85. The predicted molar refractivity (Wildman–Crippen MR) is 79.5 cm³/mol. The fourth-order valence-electron chi connectivity index (χ4n) is 3.48. The summed E-state index contributed by atoms with van der Waals surface area (Å²) in [6, 6.07) is 10.3. The first-order valence-corrected chi connectivity index (χ1v) is 7.39. The van der Waals surface area contributed by atoms with Crippen molar-refractivity contribution in [3.8, 4) is 6.07 Å².